The molecule has 0 aliphatic heterocycles. The predicted octanol–water partition coefficient (Wildman–Crippen LogP) is 1.36. The molecule has 2 bridgehead atoms. The Labute approximate surface area is 65.1 Å². The first-order valence-electron chi connectivity index (χ1n) is 3.91. The number of allylic oxidation sites excluding steroid dienone is 1. The van der Waals surface area contributed by atoms with E-state index in [2.05, 4.69) is 11.4 Å². The van der Waals surface area contributed by atoms with Crippen molar-refractivity contribution < 1.29 is 9.90 Å². The number of nitrogens with one attached hydrogen (secondary N) is 1. The van der Waals surface area contributed by atoms with Crippen LogP contribution in [0.15, 0.2) is 12.2 Å². The molecule has 3 heteroatoms. The summed E-state index contributed by atoms with van der Waals surface area (Å²) in [6, 6.07) is 0. The molecule has 0 spiro atoms. The Morgan fingerprint density at radius 1 is 1.73 bits per heavy atom. The Balaban J connectivity index is 2.11. The quantitative estimate of drug-likeness (QED) is 0.559. The van der Waals surface area contributed by atoms with Crippen LogP contribution >= 0.6 is 0 Å². The minimum absolute atomic E-state index is 0.198. The third-order valence-corrected chi connectivity index (χ3v) is 2.63. The molecule has 3 nitrogen and oxygen atoms in total. The van der Waals surface area contributed by atoms with E-state index in [0.717, 1.165) is 19.3 Å². The summed E-state index contributed by atoms with van der Waals surface area (Å²) >= 11 is 0. The first-order valence-corrected chi connectivity index (χ1v) is 3.91. The zero-order valence-electron chi connectivity index (χ0n) is 6.21. The van der Waals surface area contributed by atoms with E-state index in [1.54, 1.807) is 0 Å². The fourth-order valence-electron chi connectivity index (χ4n) is 2.12. The van der Waals surface area contributed by atoms with Gasteiger partial charge in [-0.15, -0.1) is 0 Å². The molecular formula is C8H11NO2. The molecule has 1 saturated carbocycles. The molecule has 2 unspecified atom stereocenters. The highest BCUT2D eigenvalue weighted by Gasteiger charge is 2.41. The molecular weight excluding hydrogens is 142 g/mol. The molecule has 1 fully saturated rings. The number of fused-ring (bicyclic) bond motifs is 2. The van der Waals surface area contributed by atoms with E-state index in [9.17, 15) is 4.79 Å². The van der Waals surface area contributed by atoms with Gasteiger partial charge in [0.25, 0.3) is 0 Å². The van der Waals surface area contributed by atoms with Gasteiger partial charge in [-0.25, -0.2) is 4.79 Å². The largest absolute Gasteiger partial charge is 0.465 e. The van der Waals surface area contributed by atoms with Crippen molar-refractivity contribution in [1.82, 2.24) is 5.32 Å². The smallest absolute Gasteiger partial charge is 0.405 e. The van der Waals surface area contributed by atoms with E-state index in [4.69, 9.17) is 5.11 Å². The molecule has 0 aromatic carbocycles. The van der Waals surface area contributed by atoms with E-state index in [1.807, 2.05) is 6.08 Å². The van der Waals surface area contributed by atoms with Gasteiger partial charge in [-0.2, -0.15) is 0 Å². The number of amides is 1. The number of hydrogen-bond donors (Lipinski definition) is 2. The predicted molar refractivity (Wildman–Crippen MR) is 40.4 cm³/mol. The van der Waals surface area contributed by atoms with Gasteiger partial charge in [0.05, 0.1) is 5.54 Å². The normalized spacial score (nSPS) is 39.5. The van der Waals surface area contributed by atoms with E-state index in [-0.39, 0.29) is 5.54 Å². The average Bonchev–Trinajstić information content (AvgIpc) is 2.43. The zero-order chi connectivity index (χ0) is 7.90. The van der Waals surface area contributed by atoms with Crippen molar-refractivity contribution in [3.05, 3.63) is 12.2 Å². The summed E-state index contributed by atoms with van der Waals surface area (Å²) in [6.45, 7) is 0. The molecule has 0 saturated heterocycles. The number of hydrogen-bond acceptors (Lipinski definition) is 1. The van der Waals surface area contributed by atoms with E-state index < -0.39 is 6.09 Å². The molecule has 1 amide bonds. The van der Waals surface area contributed by atoms with Gasteiger partial charge >= 0.3 is 6.09 Å². The monoisotopic (exact) mass is 153 g/mol. The second-order valence-electron chi connectivity index (χ2n) is 3.45. The topological polar surface area (TPSA) is 49.3 Å². The average molecular weight is 153 g/mol. The van der Waals surface area contributed by atoms with Gasteiger partial charge in [-0.3, -0.25) is 0 Å². The summed E-state index contributed by atoms with van der Waals surface area (Å²) in [7, 11) is 0. The number of rotatable bonds is 1. The Morgan fingerprint density at radius 2 is 2.55 bits per heavy atom. The third kappa shape index (κ3) is 1.00. The molecule has 0 radical (unpaired) electrons. The van der Waals surface area contributed by atoms with Crippen molar-refractivity contribution in [2.24, 2.45) is 5.92 Å². The molecule has 0 aromatic rings. The highest BCUT2D eigenvalue weighted by Crippen LogP contribution is 2.42. The second kappa shape index (κ2) is 2.00. The molecule has 2 atom stereocenters. The molecule has 11 heavy (non-hydrogen) atoms. The second-order valence-corrected chi connectivity index (χ2v) is 3.45. The minimum Gasteiger partial charge on any atom is -0.465 e. The van der Waals surface area contributed by atoms with Crippen LogP contribution in [0.25, 0.3) is 0 Å². The lowest BCUT2D eigenvalue weighted by Crippen LogP contribution is -2.43. The molecule has 2 aliphatic rings. The van der Waals surface area contributed by atoms with Crippen LogP contribution in [0, 0.1) is 5.92 Å². The van der Waals surface area contributed by atoms with E-state index in [0.29, 0.717) is 5.92 Å². The van der Waals surface area contributed by atoms with E-state index >= 15 is 0 Å². The summed E-state index contributed by atoms with van der Waals surface area (Å²) in [5.41, 5.74) is -0.198. The first-order chi connectivity index (χ1) is 5.20. The van der Waals surface area contributed by atoms with Gasteiger partial charge < -0.3 is 10.4 Å². The molecule has 2 N–H and O–H groups in total. The Morgan fingerprint density at radius 3 is 2.91 bits per heavy atom. The van der Waals surface area contributed by atoms with Crippen LogP contribution in [0.1, 0.15) is 19.3 Å². The Bertz CT molecular complexity index is 224. The molecule has 2 rings (SSSR count). The third-order valence-electron chi connectivity index (χ3n) is 2.63. The lowest BCUT2D eigenvalue weighted by molar-refractivity contribution is 0.184. The van der Waals surface area contributed by atoms with Crippen LogP contribution in [-0.4, -0.2) is 16.7 Å². The standard InChI is InChI=1S/C8H11NO2/c10-7(11)9-8-3-1-6(5-8)2-4-8/h1,3,6,9H,2,4-5H2,(H,10,11). The zero-order valence-corrected chi connectivity index (χ0v) is 6.21. The maximum absolute atomic E-state index is 10.4. The fraction of sp³-hybridized carbons (Fsp3) is 0.625. The Kier molecular flexibility index (Phi) is 1.22. The van der Waals surface area contributed by atoms with Crippen LogP contribution in [0.2, 0.25) is 0 Å². The maximum Gasteiger partial charge on any atom is 0.405 e. The summed E-state index contributed by atoms with van der Waals surface area (Å²) in [5.74, 6) is 0.627. The van der Waals surface area contributed by atoms with Crippen LogP contribution < -0.4 is 5.32 Å². The minimum atomic E-state index is -0.905. The van der Waals surface area contributed by atoms with Crippen molar-refractivity contribution in [3.63, 3.8) is 0 Å². The van der Waals surface area contributed by atoms with Crippen molar-refractivity contribution in [2.75, 3.05) is 0 Å². The fourth-order valence-corrected chi connectivity index (χ4v) is 2.12. The summed E-state index contributed by atoms with van der Waals surface area (Å²) < 4.78 is 0. The van der Waals surface area contributed by atoms with Gasteiger partial charge in [-0.1, -0.05) is 12.2 Å². The van der Waals surface area contributed by atoms with Crippen LogP contribution in [0.3, 0.4) is 0 Å². The summed E-state index contributed by atoms with van der Waals surface area (Å²) in [5, 5.41) is 11.1. The van der Waals surface area contributed by atoms with Crippen molar-refractivity contribution in [1.29, 1.82) is 0 Å². The molecule has 0 aromatic heterocycles. The molecule has 0 heterocycles. The van der Waals surface area contributed by atoms with Gasteiger partial charge in [0.1, 0.15) is 0 Å². The van der Waals surface area contributed by atoms with Crippen LogP contribution in [0.5, 0.6) is 0 Å². The van der Waals surface area contributed by atoms with Gasteiger partial charge in [0.2, 0.25) is 0 Å². The lowest BCUT2D eigenvalue weighted by Gasteiger charge is -2.22. The van der Waals surface area contributed by atoms with Gasteiger partial charge in [0.15, 0.2) is 0 Å². The van der Waals surface area contributed by atoms with Crippen LogP contribution in [-0.2, 0) is 0 Å². The lowest BCUT2D eigenvalue weighted by atomic mass is 10.00. The van der Waals surface area contributed by atoms with Crippen molar-refractivity contribution in [3.8, 4) is 0 Å². The number of carboxylic acid groups (broad SMARTS) is 1. The van der Waals surface area contributed by atoms with Crippen molar-refractivity contribution >= 4 is 6.09 Å². The van der Waals surface area contributed by atoms with Gasteiger partial charge in [-0.05, 0) is 25.2 Å². The van der Waals surface area contributed by atoms with E-state index in [1.165, 1.54) is 0 Å². The van der Waals surface area contributed by atoms with Gasteiger partial charge in [0, 0.05) is 0 Å². The highest BCUT2D eigenvalue weighted by molar-refractivity contribution is 5.66. The SMILES string of the molecule is O=C(O)NC12C=CC(CC1)C2. The summed E-state index contributed by atoms with van der Waals surface area (Å²) in [4.78, 5) is 10.4. The van der Waals surface area contributed by atoms with Crippen molar-refractivity contribution in [2.45, 2.75) is 24.8 Å². The Hall–Kier alpha value is -0.990. The first kappa shape index (κ1) is 6.70. The maximum atomic E-state index is 10.4. The summed E-state index contributed by atoms with van der Waals surface area (Å²) in [6.07, 6.45) is 6.31. The van der Waals surface area contributed by atoms with Crippen LogP contribution in [0.4, 0.5) is 4.79 Å². The molecule has 2 aliphatic carbocycles. The molecule has 60 valence electrons. The number of carbonyl (C=O) groups is 1. The highest BCUT2D eigenvalue weighted by atomic mass is 16.4.